The number of nitriles is 2. The van der Waals surface area contributed by atoms with Gasteiger partial charge < -0.3 is 13.2 Å². The predicted octanol–water partition coefficient (Wildman–Crippen LogP) is 11.7. The van der Waals surface area contributed by atoms with E-state index in [0.29, 0.717) is 11.1 Å². The molecule has 0 amide bonds. The molecule has 0 fully saturated rings. The molecule has 5 nitrogen and oxygen atoms in total. The smallest absolute Gasteiger partial charge is 0.143 e. The first-order chi connectivity index (χ1) is 24.2. The molecule has 0 atom stereocenters. The van der Waals surface area contributed by atoms with Gasteiger partial charge in [0.2, 0.25) is 0 Å². The van der Waals surface area contributed by atoms with Crippen molar-refractivity contribution in [3.8, 4) is 34.4 Å². The van der Waals surface area contributed by atoms with Crippen molar-refractivity contribution < 1.29 is 8.83 Å². The largest absolute Gasteiger partial charge is 0.455 e. The van der Waals surface area contributed by atoms with Crippen molar-refractivity contribution >= 4 is 82.0 Å². The summed E-state index contributed by atoms with van der Waals surface area (Å²) in [4.78, 5) is 0. The van der Waals surface area contributed by atoms with Gasteiger partial charge in [-0.15, -0.1) is 0 Å². The molecule has 4 aromatic heterocycles. The number of fused-ring (bicyclic) bond motifs is 12. The third-order valence-electron chi connectivity index (χ3n) is 10.2. The number of furan rings is 2. The molecule has 0 saturated carbocycles. The third-order valence-corrected chi connectivity index (χ3v) is 10.2. The van der Waals surface area contributed by atoms with Gasteiger partial charge in [0.05, 0.1) is 39.8 Å². The summed E-state index contributed by atoms with van der Waals surface area (Å²) in [6.07, 6.45) is 0. The molecule has 0 unspecified atom stereocenters. The van der Waals surface area contributed by atoms with E-state index in [0.717, 1.165) is 104 Å². The maximum atomic E-state index is 10.5. The zero-order chi connectivity index (χ0) is 32.4. The topological polar surface area (TPSA) is 78.3 Å². The van der Waals surface area contributed by atoms with E-state index in [-0.39, 0.29) is 0 Å². The van der Waals surface area contributed by atoms with Gasteiger partial charge in [0.15, 0.2) is 0 Å². The van der Waals surface area contributed by atoms with Gasteiger partial charge >= 0.3 is 0 Å². The molecule has 0 aliphatic carbocycles. The van der Waals surface area contributed by atoms with Crippen LogP contribution in [0.15, 0.2) is 136 Å². The van der Waals surface area contributed by atoms with Crippen molar-refractivity contribution in [3.05, 3.63) is 139 Å². The van der Waals surface area contributed by atoms with E-state index in [4.69, 9.17) is 8.83 Å². The summed E-state index contributed by atoms with van der Waals surface area (Å²) in [5, 5.41) is 29.5. The van der Waals surface area contributed by atoms with Crippen molar-refractivity contribution in [3.63, 3.8) is 0 Å². The summed E-state index contributed by atoms with van der Waals surface area (Å²) < 4.78 is 15.0. The van der Waals surface area contributed by atoms with Gasteiger partial charge in [-0.25, -0.2) is 0 Å². The lowest BCUT2D eigenvalue weighted by Crippen LogP contribution is -1.90. The summed E-state index contributed by atoms with van der Waals surface area (Å²) in [6.45, 7) is 0. The number of benzene rings is 7. The zero-order valence-corrected chi connectivity index (χ0v) is 25.8. The third kappa shape index (κ3) is 3.31. The number of hydrogen-bond acceptors (Lipinski definition) is 4. The van der Waals surface area contributed by atoms with Crippen LogP contribution < -0.4 is 0 Å². The van der Waals surface area contributed by atoms with E-state index < -0.39 is 0 Å². The highest BCUT2D eigenvalue weighted by molar-refractivity contribution is 6.25. The average Bonchev–Trinajstić information content (AvgIpc) is 3.90. The van der Waals surface area contributed by atoms with Crippen LogP contribution in [0.2, 0.25) is 0 Å². The normalized spacial score (nSPS) is 12.0. The fourth-order valence-electron chi connectivity index (χ4n) is 8.12. The molecule has 0 bridgehead atoms. The summed E-state index contributed by atoms with van der Waals surface area (Å²) >= 11 is 0. The molecule has 4 heterocycles. The number of para-hydroxylation sites is 5. The molecule has 224 valence electrons. The standard InChI is InChI=1S/C44H21N3O2/c45-22-24-18-38-36(20-34(24)32-14-6-12-30-26-8-1-3-16-40(26)48-43(30)32)28-10-5-11-29-37-21-35(25(23-46)19-39(37)47(38)42(28)29)33-15-7-13-31-27-9-2-4-17-41(27)49-44(31)33/h1-21H. The summed E-state index contributed by atoms with van der Waals surface area (Å²) in [5.41, 5.74) is 10.7. The lowest BCUT2D eigenvalue weighted by Gasteiger charge is -2.09. The van der Waals surface area contributed by atoms with E-state index in [1.807, 2.05) is 72.8 Å². The van der Waals surface area contributed by atoms with E-state index in [9.17, 15) is 10.5 Å². The highest BCUT2D eigenvalue weighted by Gasteiger charge is 2.23. The van der Waals surface area contributed by atoms with Crippen molar-refractivity contribution in [2.75, 3.05) is 0 Å². The van der Waals surface area contributed by atoms with E-state index in [1.165, 1.54) is 0 Å². The first-order valence-corrected chi connectivity index (χ1v) is 16.1. The Balaban J connectivity index is 1.20. The minimum absolute atomic E-state index is 0.559. The van der Waals surface area contributed by atoms with Gasteiger partial charge in [-0.05, 0) is 36.4 Å². The van der Waals surface area contributed by atoms with Gasteiger partial charge in [0.1, 0.15) is 22.3 Å². The minimum Gasteiger partial charge on any atom is -0.455 e. The maximum Gasteiger partial charge on any atom is 0.143 e. The Kier molecular flexibility index (Phi) is 4.92. The fourth-order valence-corrected chi connectivity index (χ4v) is 8.12. The second-order valence-corrected chi connectivity index (χ2v) is 12.7. The summed E-state index contributed by atoms with van der Waals surface area (Å²) in [7, 11) is 0. The number of hydrogen-bond donors (Lipinski definition) is 0. The van der Waals surface area contributed by atoms with Gasteiger partial charge in [-0.2, -0.15) is 10.5 Å². The molecular formula is C44H21N3O2. The van der Waals surface area contributed by atoms with Crippen molar-refractivity contribution in [2.45, 2.75) is 0 Å². The predicted molar refractivity (Wildman–Crippen MR) is 196 cm³/mol. The van der Waals surface area contributed by atoms with Crippen LogP contribution in [0.4, 0.5) is 0 Å². The molecule has 49 heavy (non-hydrogen) atoms. The van der Waals surface area contributed by atoms with Crippen molar-refractivity contribution in [1.82, 2.24) is 4.40 Å². The van der Waals surface area contributed by atoms with Crippen LogP contribution in [0.5, 0.6) is 0 Å². The monoisotopic (exact) mass is 623 g/mol. The number of nitrogens with zero attached hydrogens (tertiary/aromatic N) is 3. The molecule has 5 heteroatoms. The van der Waals surface area contributed by atoms with Gasteiger partial charge in [0.25, 0.3) is 0 Å². The molecule has 7 aromatic carbocycles. The molecule has 11 rings (SSSR count). The lowest BCUT2D eigenvalue weighted by molar-refractivity contribution is 0.669. The van der Waals surface area contributed by atoms with E-state index >= 15 is 0 Å². The van der Waals surface area contributed by atoms with E-state index in [2.05, 4.69) is 71.1 Å². The van der Waals surface area contributed by atoms with Crippen LogP contribution in [0.1, 0.15) is 11.1 Å². The number of aromatic nitrogens is 1. The Labute approximate surface area is 278 Å². The van der Waals surface area contributed by atoms with Gasteiger partial charge in [-0.3, -0.25) is 0 Å². The van der Waals surface area contributed by atoms with Gasteiger partial charge in [0, 0.05) is 65.3 Å². The second kappa shape index (κ2) is 9.26. The van der Waals surface area contributed by atoms with Crippen molar-refractivity contribution in [2.24, 2.45) is 0 Å². The molecule has 0 aliphatic rings. The Hall–Kier alpha value is -7.08. The van der Waals surface area contributed by atoms with Crippen LogP contribution in [0.25, 0.3) is 104 Å². The molecule has 11 aromatic rings. The highest BCUT2D eigenvalue weighted by Crippen LogP contribution is 2.45. The Morgan fingerprint density at radius 3 is 1.33 bits per heavy atom. The second-order valence-electron chi connectivity index (χ2n) is 12.7. The molecule has 0 spiro atoms. The molecule has 0 saturated heterocycles. The Bertz CT molecular complexity index is 3090. The van der Waals surface area contributed by atoms with Gasteiger partial charge in [-0.1, -0.05) is 91.0 Å². The quantitative estimate of drug-likeness (QED) is 0.192. The first kappa shape index (κ1) is 26.0. The number of rotatable bonds is 2. The van der Waals surface area contributed by atoms with E-state index in [1.54, 1.807) is 0 Å². The Morgan fingerprint density at radius 2 is 0.837 bits per heavy atom. The zero-order valence-electron chi connectivity index (χ0n) is 25.8. The van der Waals surface area contributed by atoms with Crippen LogP contribution in [-0.2, 0) is 0 Å². The maximum absolute atomic E-state index is 10.5. The Morgan fingerprint density at radius 1 is 0.408 bits per heavy atom. The molecular weight excluding hydrogens is 603 g/mol. The summed E-state index contributed by atoms with van der Waals surface area (Å²) in [5.74, 6) is 0. The minimum atomic E-state index is 0.559. The highest BCUT2D eigenvalue weighted by atomic mass is 16.3. The summed E-state index contributed by atoms with van der Waals surface area (Å²) in [6, 6.07) is 47.9. The molecule has 0 radical (unpaired) electrons. The van der Waals surface area contributed by atoms with Crippen LogP contribution in [0, 0.1) is 22.7 Å². The van der Waals surface area contributed by atoms with Crippen LogP contribution in [0.3, 0.4) is 0 Å². The SMILES string of the molecule is N#Cc1cc2c(cc1-c1cccc3c1oc1ccccc13)c1cccc3c4cc(-c5cccc6c5oc5ccccc56)c(C#N)cc4n2c13. The van der Waals surface area contributed by atoms with Crippen LogP contribution in [-0.4, -0.2) is 4.40 Å². The molecule has 0 aliphatic heterocycles. The molecule has 0 N–H and O–H groups in total. The fraction of sp³-hybridized carbons (Fsp3) is 0. The average molecular weight is 624 g/mol. The van der Waals surface area contributed by atoms with Crippen LogP contribution >= 0.6 is 0 Å². The van der Waals surface area contributed by atoms with Crippen molar-refractivity contribution in [1.29, 1.82) is 10.5 Å². The first-order valence-electron chi connectivity index (χ1n) is 16.1. The lowest BCUT2D eigenvalue weighted by atomic mass is 9.94.